The summed E-state index contributed by atoms with van der Waals surface area (Å²) in [6, 6.07) is 30.1. The van der Waals surface area contributed by atoms with Crippen molar-refractivity contribution in [3.8, 4) is 22.5 Å². The molecule has 2 heterocycles. The predicted molar refractivity (Wildman–Crippen MR) is 130 cm³/mol. The summed E-state index contributed by atoms with van der Waals surface area (Å²) in [6.45, 7) is 0. The predicted octanol–water partition coefficient (Wildman–Crippen LogP) is 5.45. The molecule has 170 valence electrons. The van der Waals surface area contributed by atoms with Crippen LogP contribution in [0.2, 0.25) is 0 Å². The van der Waals surface area contributed by atoms with E-state index in [9.17, 15) is 14.4 Å². The summed E-state index contributed by atoms with van der Waals surface area (Å²) in [4.78, 5) is 42.1. The van der Waals surface area contributed by atoms with Crippen molar-refractivity contribution >= 4 is 18.0 Å². The number of ether oxygens (including phenoxy) is 1. The molecule has 0 unspecified atom stereocenters. The highest BCUT2D eigenvalue weighted by atomic mass is 16.5. The molecule has 34 heavy (non-hydrogen) atoms. The molecule has 6 nitrogen and oxygen atoms in total. The molecule has 6 heteroatoms. The summed E-state index contributed by atoms with van der Waals surface area (Å²) in [5, 5.41) is 0. The van der Waals surface area contributed by atoms with Crippen LogP contribution in [0.1, 0.15) is 33.8 Å². The molecule has 0 bridgehead atoms. The summed E-state index contributed by atoms with van der Waals surface area (Å²) in [6.07, 6.45) is 0.941. The first kappa shape index (κ1) is 24.2. The van der Waals surface area contributed by atoms with Gasteiger partial charge in [0.15, 0.2) is 12.1 Å². The van der Waals surface area contributed by atoms with E-state index in [1.54, 1.807) is 18.2 Å². The van der Waals surface area contributed by atoms with Gasteiger partial charge in [-0.2, -0.15) is 0 Å². The number of aldehydes is 1. The molecule has 0 aliphatic rings. The zero-order valence-corrected chi connectivity index (χ0v) is 18.8. The van der Waals surface area contributed by atoms with Crippen LogP contribution in [-0.4, -0.2) is 35.1 Å². The van der Waals surface area contributed by atoms with Gasteiger partial charge in [0.05, 0.1) is 24.9 Å². The van der Waals surface area contributed by atoms with Gasteiger partial charge in [0.25, 0.3) is 0 Å². The molecular weight excluding hydrogens is 428 g/mol. The molecule has 4 rings (SSSR count). The number of hydrogen-bond acceptors (Lipinski definition) is 6. The summed E-state index contributed by atoms with van der Waals surface area (Å²) >= 11 is 0. The molecule has 0 amide bonds. The molecule has 4 aromatic rings. The number of methoxy groups -OCH3 is 1. The second-order valence-electron chi connectivity index (χ2n) is 7.20. The second-order valence-corrected chi connectivity index (χ2v) is 7.20. The maximum Gasteiger partial charge on any atom is 0.305 e. The van der Waals surface area contributed by atoms with Gasteiger partial charge in [-0.1, -0.05) is 72.8 Å². The number of benzene rings is 2. The van der Waals surface area contributed by atoms with E-state index in [1.807, 2.05) is 78.9 Å². The molecule has 0 atom stereocenters. The lowest BCUT2D eigenvalue weighted by molar-refractivity contribution is -0.140. The average Bonchev–Trinajstić information content (AvgIpc) is 2.93. The van der Waals surface area contributed by atoms with E-state index in [1.165, 1.54) is 7.11 Å². The van der Waals surface area contributed by atoms with Gasteiger partial charge < -0.3 is 4.74 Å². The highest BCUT2D eigenvalue weighted by molar-refractivity contribution is 5.96. The maximum absolute atomic E-state index is 12.0. The lowest BCUT2D eigenvalue weighted by Crippen LogP contribution is -2.07. The first-order valence-corrected chi connectivity index (χ1v) is 10.7. The summed E-state index contributed by atoms with van der Waals surface area (Å²) in [7, 11) is 1.31. The topological polar surface area (TPSA) is 86.2 Å². The van der Waals surface area contributed by atoms with Crippen molar-refractivity contribution in [2.24, 2.45) is 0 Å². The fraction of sp³-hybridized carbons (Fsp3) is 0.107. The first-order chi connectivity index (χ1) is 16.6. The van der Waals surface area contributed by atoms with Gasteiger partial charge in [-0.15, -0.1) is 0 Å². The molecular formula is C28H24N2O4. The van der Waals surface area contributed by atoms with Crippen LogP contribution in [0.3, 0.4) is 0 Å². The van der Waals surface area contributed by atoms with E-state index in [2.05, 4.69) is 14.7 Å². The minimum absolute atomic E-state index is 0.0760. The third kappa shape index (κ3) is 7.03. The Balaban J connectivity index is 0.000000202. The number of carbonyl (C=O) groups excluding carboxylic acids is 3. The third-order valence-electron chi connectivity index (χ3n) is 4.85. The van der Waals surface area contributed by atoms with Crippen LogP contribution in [0, 0.1) is 0 Å². The Morgan fingerprint density at radius 3 is 1.82 bits per heavy atom. The largest absolute Gasteiger partial charge is 0.469 e. The molecule has 0 radical (unpaired) electrons. The minimum atomic E-state index is -0.391. The Kier molecular flexibility index (Phi) is 8.93. The van der Waals surface area contributed by atoms with Crippen LogP contribution in [-0.2, 0) is 9.53 Å². The van der Waals surface area contributed by atoms with E-state index in [4.69, 9.17) is 0 Å². The summed E-state index contributed by atoms with van der Waals surface area (Å²) in [5.41, 5.74) is 4.39. The fourth-order valence-corrected chi connectivity index (χ4v) is 3.09. The maximum atomic E-state index is 12.0. The van der Waals surface area contributed by atoms with Gasteiger partial charge in [0, 0.05) is 17.5 Å². The van der Waals surface area contributed by atoms with Crippen molar-refractivity contribution in [1.82, 2.24) is 9.97 Å². The monoisotopic (exact) mass is 452 g/mol. The van der Waals surface area contributed by atoms with E-state index in [0.29, 0.717) is 11.4 Å². The quantitative estimate of drug-likeness (QED) is 0.211. The summed E-state index contributed by atoms with van der Waals surface area (Å²) in [5.74, 6) is -0.550. The molecule has 0 N–H and O–H groups in total. The van der Waals surface area contributed by atoms with Crippen molar-refractivity contribution in [3.05, 3.63) is 108 Å². The van der Waals surface area contributed by atoms with Crippen molar-refractivity contribution < 1.29 is 19.1 Å². The van der Waals surface area contributed by atoms with E-state index in [0.717, 1.165) is 28.8 Å². The molecule has 0 saturated carbocycles. The van der Waals surface area contributed by atoms with Crippen molar-refractivity contribution in [2.75, 3.05) is 7.11 Å². The molecule has 2 aromatic heterocycles. The Labute approximate surface area is 198 Å². The van der Waals surface area contributed by atoms with E-state index < -0.39 is 5.97 Å². The smallest absolute Gasteiger partial charge is 0.305 e. The Morgan fingerprint density at radius 1 is 0.706 bits per heavy atom. The van der Waals surface area contributed by atoms with Crippen LogP contribution >= 0.6 is 0 Å². The van der Waals surface area contributed by atoms with Crippen molar-refractivity contribution in [2.45, 2.75) is 12.8 Å². The van der Waals surface area contributed by atoms with Gasteiger partial charge in [0.2, 0.25) is 0 Å². The molecule has 0 saturated heterocycles. The zero-order chi connectivity index (χ0) is 24.2. The van der Waals surface area contributed by atoms with Crippen LogP contribution in [0.5, 0.6) is 0 Å². The SMILES string of the molecule is COC(=O)CCC(=O)c1cccc(-c2ccccc2)n1.O=Cc1cccc(-c2ccccc2)n1. The Bertz CT molecular complexity index is 1240. The number of Topliss-reactive ketones (excluding diaryl/α,β-unsaturated/α-hetero) is 1. The number of pyridine rings is 2. The van der Waals surface area contributed by atoms with Crippen LogP contribution in [0.4, 0.5) is 0 Å². The van der Waals surface area contributed by atoms with Gasteiger partial charge in [0.1, 0.15) is 11.4 Å². The van der Waals surface area contributed by atoms with Crippen molar-refractivity contribution in [1.29, 1.82) is 0 Å². The van der Waals surface area contributed by atoms with Gasteiger partial charge in [-0.3, -0.25) is 14.4 Å². The standard InChI is InChI=1S/C16H15NO3.C12H9NO/c1-20-16(19)11-10-15(18)14-9-5-8-13(17-14)12-6-3-2-4-7-12;14-9-11-7-4-8-12(13-11)10-5-2-1-3-6-10/h2-9H,10-11H2,1H3;1-9H. The highest BCUT2D eigenvalue weighted by Gasteiger charge is 2.11. The van der Waals surface area contributed by atoms with E-state index in [-0.39, 0.29) is 18.6 Å². The zero-order valence-electron chi connectivity index (χ0n) is 18.8. The van der Waals surface area contributed by atoms with E-state index >= 15 is 0 Å². The lowest BCUT2D eigenvalue weighted by atomic mass is 10.1. The van der Waals surface area contributed by atoms with Crippen molar-refractivity contribution in [3.63, 3.8) is 0 Å². The molecule has 0 aliphatic carbocycles. The van der Waals surface area contributed by atoms with Crippen LogP contribution in [0.15, 0.2) is 97.1 Å². The fourth-order valence-electron chi connectivity index (χ4n) is 3.09. The number of hydrogen-bond donors (Lipinski definition) is 0. The Morgan fingerprint density at radius 2 is 1.26 bits per heavy atom. The minimum Gasteiger partial charge on any atom is -0.469 e. The number of rotatable bonds is 7. The first-order valence-electron chi connectivity index (χ1n) is 10.7. The summed E-state index contributed by atoms with van der Waals surface area (Å²) < 4.78 is 4.52. The van der Waals surface area contributed by atoms with Crippen LogP contribution in [0.25, 0.3) is 22.5 Å². The number of ketones is 1. The molecule has 2 aromatic carbocycles. The van der Waals surface area contributed by atoms with Gasteiger partial charge in [-0.05, 0) is 24.3 Å². The molecule has 0 aliphatic heterocycles. The molecule has 0 spiro atoms. The number of esters is 1. The number of carbonyl (C=O) groups is 3. The van der Waals surface area contributed by atoms with Gasteiger partial charge in [-0.25, -0.2) is 9.97 Å². The normalized spacial score (nSPS) is 9.91. The third-order valence-corrected chi connectivity index (χ3v) is 4.85. The van der Waals surface area contributed by atoms with Gasteiger partial charge >= 0.3 is 5.97 Å². The second kappa shape index (κ2) is 12.6. The molecule has 0 fully saturated rings. The van der Waals surface area contributed by atoms with Crippen LogP contribution < -0.4 is 0 Å². The lowest BCUT2D eigenvalue weighted by Gasteiger charge is -2.04. The highest BCUT2D eigenvalue weighted by Crippen LogP contribution is 2.17. The average molecular weight is 453 g/mol. The Hall–Kier alpha value is -4.45. The number of aromatic nitrogens is 2. The number of nitrogens with zero attached hydrogens (tertiary/aromatic N) is 2.